The molecule has 92 valence electrons. The summed E-state index contributed by atoms with van der Waals surface area (Å²) in [6, 6.07) is 9.21. The molecule has 1 unspecified atom stereocenters. The molecule has 1 aromatic heterocycles. The van der Waals surface area contributed by atoms with Crippen molar-refractivity contribution in [2.75, 3.05) is 6.61 Å². The number of halogens is 1. The summed E-state index contributed by atoms with van der Waals surface area (Å²) >= 11 is 5.83. The molecule has 2 heterocycles. The van der Waals surface area contributed by atoms with E-state index in [0.717, 1.165) is 35.5 Å². The zero-order valence-electron chi connectivity index (χ0n) is 9.64. The first-order chi connectivity index (χ1) is 8.74. The number of hydrogen-bond donors (Lipinski definition) is 1. The molecule has 0 radical (unpaired) electrons. The summed E-state index contributed by atoms with van der Waals surface area (Å²) in [6.07, 6.45) is 1.81. The highest BCUT2D eigenvalue weighted by Gasteiger charge is 2.16. The van der Waals surface area contributed by atoms with Crippen LogP contribution in [0.2, 0.25) is 5.15 Å². The number of hydrogen-bond acceptors (Lipinski definition) is 3. The second-order valence-corrected chi connectivity index (χ2v) is 4.67. The number of aliphatic hydroxyl groups is 1. The van der Waals surface area contributed by atoms with E-state index in [1.807, 2.05) is 18.2 Å². The molecule has 0 bridgehead atoms. The average Bonchev–Trinajstić information content (AvgIpc) is 2.85. The van der Waals surface area contributed by atoms with E-state index >= 15 is 0 Å². The summed E-state index contributed by atoms with van der Waals surface area (Å²) in [7, 11) is 0. The van der Waals surface area contributed by atoms with E-state index in [1.165, 1.54) is 0 Å². The van der Waals surface area contributed by atoms with Crippen LogP contribution < -0.4 is 4.74 Å². The fraction of sp³-hybridized carbons (Fsp3) is 0.214. The number of aromatic nitrogens is 1. The van der Waals surface area contributed by atoms with Crippen LogP contribution in [-0.4, -0.2) is 16.7 Å². The molecule has 4 heteroatoms. The number of rotatable bonds is 2. The maximum Gasteiger partial charge on any atom is 0.129 e. The van der Waals surface area contributed by atoms with Crippen molar-refractivity contribution >= 4 is 11.6 Å². The van der Waals surface area contributed by atoms with Gasteiger partial charge in [-0.15, -0.1) is 0 Å². The van der Waals surface area contributed by atoms with Crippen LogP contribution in [0.25, 0.3) is 0 Å². The highest BCUT2D eigenvalue weighted by atomic mass is 35.5. The van der Waals surface area contributed by atoms with Gasteiger partial charge in [-0.1, -0.05) is 17.7 Å². The second kappa shape index (κ2) is 4.59. The first kappa shape index (κ1) is 11.5. The number of pyridine rings is 1. The molecule has 0 fully saturated rings. The van der Waals surface area contributed by atoms with E-state index in [2.05, 4.69) is 4.98 Å². The molecular weight excluding hydrogens is 250 g/mol. The molecule has 0 saturated heterocycles. The lowest BCUT2D eigenvalue weighted by atomic mass is 10.00. The Morgan fingerprint density at radius 3 is 2.89 bits per heavy atom. The predicted molar refractivity (Wildman–Crippen MR) is 68.9 cm³/mol. The summed E-state index contributed by atoms with van der Waals surface area (Å²) in [5.74, 6) is 0.915. The zero-order chi connectivity index (χ0) is 12.5. The van der Waals surface area contributed by atoms with Gasteiger partial charge in [0.25, 0.3) is 0 Å². The third kappa shape index (κ3) is 2.07. The average molecular weight is 262 g/mol. The van der Waals surface area contributed by atoms with Gasteiger partial charge in [-0.3, -0.25) is 0 Å². The molecule has 3 nitrogen and oxygen atoms in total. The molecule has 3 rings (SSSR count). The zero-order valence-corrected chi connectivity index (χ0v) is 10.4. The minimum atomic E-state index is -0.684. The lowest BCUT2D eigenvalue weighted by Crippen LogP contribution is -2.00. The van der Waals surface area contributed by atoms with E-state index in [4.69, 9.17) is 16.3 Å². The van der Waals surface area contributed by atoms with Crippen molar-refractivity contribution in [2.24, 2.45) is 0 Å². The van der Waals surface area contributed by atoms with Gasteiger partial charge in [-0.2, -0.15) is 0 Å². The normalized spacial score (nSPS) is 15.0. The molecule has 18 heavy (non-hydrogen) atoms. The quantitative estimate of drug-likeness (QED) is 0.846. The molecule has 0 amide bonds. The van der Waals surface area contributed by atoms with Crippen molar-refractivity contribution in [2.45, 2.75) is 12.5 Å². The Hall–Kier alpha value is -1.58. The molecule has 0 spiro atoms. The SMILES string of the molecule is OC(c1ccnc(Cl)c1)c1ccc2c(c1)CCO2. The fourth-order valence-electron chi connectivity index (χ4n) is 2.16. The summed E-state index contributed by atoms with van der Waals surface area (Å²) in [5, 5.41) is 10.7. The van der Waals surface area contributed by atoms with E-state index in [0.29, 0.717) is 5.15 Å². The van der Waals surface area contributed by atoms with Gasteiger partial charge in [0.1, 0.15) is 17.0 Å². The van der Waals surface area contributed by atoms with Crippen molar-refractivity contribution in [1.82, 2.24) is 4.98 Å². The van der Waals surface area contributed by atoms with Crippen LogP contribution in [0.5, 0.6) is 5.75 Å². The lowest BCUT2D eigenvalue weighted by molar-refractivity contribution is 0.220. The van der Waals surface area contributed by atoms with Crippen molar-refractivity contribution in [3.63, 3.8) is 0 Å². The van der Waals surface area contributed by atoms with Gasteiger partial charge in [0.2, 0.25) is 0 Å². The molecule has 1 aromatic carbocycles. The van der Waals surface area contributed by atoms with E-state index < -0.39 is 6.10 Å². The first-order valence-corrected chi connectivity index (χ1v) is 6.17. The number of nitrogens with zero attached hydrogens (tertiary/aromatic N) is 1. The number of aliphatic hydroxyl groups excluding tert-OH is 1. The van der Waals surface area contributed by atoms with Gasteiger partial charge < -0.3 is 9.84 Å². The molecule has 1 atom stereocenters. The Kier molecular flexibility index (Phi) is 2.94. The topological polar surface area (TPSA) is 42.4 Å². The van der Waals surface area contributed by atoms with Crippen molar-refractivity contribution in [1.29, 1.82) is 0 Å². The summed E-state index contributed by atoms with van der Waals surface area (Å²) in [5.41, 5.74) is 2.74. The number of ether oxygens (including phenoxy) is 1. The van der Waals surface area contributed by atoms with Crippen LogP contribution in [0.4, 0.5) is 0 Å². The van der Waals surface area contributed by atoms with E-state index in [9.17, 15) is 5.11 Å². The highest BCUT2D eigenvalue weighted by Crippen LogP contribution is 2.30. The van der Waals surface area contributed by atoms with E-state index in [-0.39, 0.29) is 0 Å². The Labute approximate surface area is 110 Å². The summed E-state index contributed by atoms with van der Waals surface area (Å²) in [6.45, 7) is 0.718. The Balaban J connectivity index is 1.95. The smallest absolute Gasteiger partial charge is 0.129 e. The number of fused-ring (bicyclic) bond motifs is 1. The van der Waals surface area contributed by atoms with Gasteiger partial charge in [0.15, 0.2) is 0 Å². The monoisotopic (exact) mass is 261 g/mol. The van der Waals surface area contributed by atoms with Gasteiger partial charge in [-0.05, 0) is 41.0 Å². The third-order valence-electron chi connectivity index (χ3n) is 3.10. The van der Waals surface area contributed by atoms with Crippen LogP contribution in [0, 0.1) is 0 Å². The maximum absolute atomic E-state index is 10.3. The minimum absolute atomic E-state index is 0.385. The first-order valence-electron chi connectivity index (χ1n) is 5.79. The highest BCUT2D eigenvalue weighted by molar-refractivity contribution is 6.29. The van der Waals surface area contributed by atoms with Gasteiger partial charge in [0, 0.05) is 12.6 Å². The minimum Gasteiger partial charge on any atom is -0.493 e. The standard InChI is InChI=1S/C14H12ClNO2/c15-13-8-11(3-5-16-13)14(17)10-1-2-12-9(7-10)4-6-18-12/h1-3,5,7-8,14,17H,4,6H2. The van der Waals surface area contributed by atoms with Crippen LogP contribution in [0.3, 0.4) is 0 Å². The van der Waals surface area contributed by atoms with Crippen molar-refractivity contribution in [3.8, 4) is 5.75 Å². The predicted octanol–water partition coefficient (Wildman–Crippen LogP) is 2.75. The molecule has 1 N–H and O–H groups in total. The number of benzene rings is 1. The third-order valence-corrected chi connectivity index (χ3v) is 3.30. The Morgan fingerprint density at radius 1 is 1.22 bits per heavy atom. The molecule has 1 aliphatic rings. The summed E-state index contributed by atoms with van der Waals surface area (Å²) in [4.78, 5) is 3.91. The van der Waals surface area contributed by atoms with Gasteiger partial charge in [0.05, 0.1) is 6.61 Å². The largest absolute Gasteiger partial charge is 0.493 e. The maximum atomic E-state index is 10.3. The summed E-state index contributed by atoms with van der Waals surface area (Å²) < 4.78 is 5.45. The van der Waals surface area contributed by atoms with E-state index in [1.54, 1.807) is 18.3 Å². The molecule has 2 aromatic rings. The molecular formula is C14H12ClNO2. The van der Waals surface area contributed by atoms with Crippen LogP contribution in [0.1, 0.15) is 22.8 Å². The van der Waals surface area contributed by atoms with Crippen molar-refractivity contribution in [3.05, 3.63) is 58.4 Å². The van der Waals surface area contributed by atoms with Crippen molar-refractivity contribution < 1.29 is 9.84 Å². The lowest BCUT2D eigenvalue weighted by Gasteiger charge is -2.12. The van der Waals surface area contributed by atoms with Crippen LogP contribution in [0.15, 0.2) is 36.5 Å². The molecule has 0 saturated carbocycles. The molecule has 0 aliphatic carbocycles. The van der Waals surface area contributed by atoms with Gasteiger partial charge >= 0.3 is 0 Å². The second-order valence-electron chi connectivity index (χ2n) is 4.28. The fourth-order valence-corrected chi connectivity index (χ4v) is 2.34. The Bertz CT molecular complexity index is 586. The van der Waals surface area contributed by atoms with Crippen LogP contribution >= 0.6 is 11.6 Å². The Morgan fingerprint density at radius 2 is 2.06 bits per heavy atom. The van der Waals surface area contributed by atoms with Crippen LogP contribution in [-0.2, 0) is 6.42 Å². The van der Waals surface area contributed by atoms with Gasteiger partial charge in [-0.25, -0.2) is 4.98 Å². The molecule has 1 aliphatic heterocycles.